The molecule has 6 N–H and O–H groups in total. The van der Waals surface area contributed by atoms with Crippen LogP contribution in [0.5, 0.6) is 0 Å². The van der Waals surface area contributed by atoms with Gasteiger partial charge in [-0.05, 0) is 51.4 Å². The average Bonchev–Trinajstić information content (AvgIpc) is 3.21. The Morgan fingerprint density at radius 2 is 0.915 bits per heavy atom. The molecule has 1 saturated carbocycles. The molecule has 14 heteroatoms. The van der Waals surface area contributed by atoms with Crippen molar-refractivity contribution in [2.24, 2.45) is 0 Å². The zero-order chi connectivity index (χ0) is 43.6. The molecule has 1 aliphatic rings. The van der Waals surface area contributed by atoms with Crippen molar-refractivity contribution in [1.82, 2.24) is 0 Å². The number of unbranched alkanes of at least 4 members (excludes halogenated alkanes) is 19. The lowest BCUT2D eigenvalue weighted by atomic mass is 9.85. The molecule has 1 rings (SSSR count). The minimum absolute atomic E-state index is 0.0940. The molecule has 13 nitrogen and oxygen atoms in total. The minimum Gasteiger partial charge on any atom is -0.462 e. The van der Waals surface area contributed by atoms with Crippen molar-refractivity contribution >= 4 is 19.8 Å². The van der Waals surface area contributed by atoms with Gasteiger partial charge < -0.3 is 39.9 Å². The topological polar surface area (TPSA) is 210 Å². The third-order valence-corrected chi connectivity index (χ3v) is 11.5. The van der Waals surface area contributed by atoms with E-state index in [1.54, 1.807) is 0 Å². The highest BCUT2D eigenvalue weighted by Crippen LogP contribution is 2.47. The van der Waals surface area contributed by atoms with Crippen LogP contribution in [0, 0.1) is 0 Å². The Bertz CT molecular complexity index is 1180. The Morgan fingerprint density at radius 1 is 0.525 bits per heavy atom. The van der Waals surface area contributed by atoms with Crippen LogP contribution in [0.4, 0.5) is 0 Å². The van der Waals surface area contributed by atoms with E-state index in [1.807, 2.05) is 0 Å². The highest BCUT2D eigenvalue weighted by Gasteiger charge is 2.51. The van der Waals surface area contributed by atoms with Crippen molar-refractivity contribution in [2.75, 3.05) is 13.2 Å². The average molecular weight is 861 g/mol. The number of allylic oxidation sites excluding steroid dienone is 6. The van der Waals surface area contributed by atoms with Crippen molar-refractivity contribution in [2.45, 2.75) is 224 Å². The molecule has 344 valence electrons. The molecule has 0 bridgehead atoms. The van der Waals surface area contributed by atoms with E-state index in [0.717, 1.165) is 70.6 Å². The summed E-state index contributed by atoms with van der Waals surface area (Å²) in [6.45, 7) is 3.25. The van der Waals surface area contributed by atoms with Crippen LogP contribution in [-0.2, 0) is 32.7 Å². The summed E-state index contributed by atoms with van der Waals surface area (Å²) in [4.78, 5) is 35.6. The summed E-state index contributed by atoms with van der Waals surface area (Å²) >= 11 is 0. The molecule has 1 aliphatic carbocycles. The van der Waals surface area contributed by atoms with Crippen LogP contribution in [0.25, 0.3) is 0 Å². The number of rotatable bonds is 37. The summed E-state index contributed by atoms with van der Waals surface area (Å²) in [5.74, 6) is -1.12. The van der Waals surface area contributed by atoms with Crippen LogP contribution in [0.3, 0.4) is 0 Å². The van der Waals surface area contributed by atoms with Crippen molar-refractivity contribution in [3.63, 3.8) is 0 Å². The van der Waals surface area contributed by atoms with Gasteiger partial charge in [-0.3, -0.25) is 18.6 Å². The molecular formula is C45H81O13P. The third kappa shape index (κ3) is 28.3. The van der Waals surface area contributed by atoms with Gasteiger partial charge in [-0.2, -0.15) is 0 Å². The first kappa shape index (κ1) is 55.1. The summed E-state index contributed by atoms with van der Waals surface area (Å²) in [7, 11) is -5.12. The number of hydrogen-bond acceptors (Lipinski definition) is 12. The summed E-state index contributed by atoms with van der Waals surface area (Å²) in [5, 5.41) is 50.1. The van der Waals surface area contributed by atoms with Gasteiger partial charge in [0.25, 0.3) is 0 Å². The quantitative estimate of drug-likeness (QED) is 0.0150. The molecule has 0 saturated heterocycles. The zero-order valence-electron chi connectivity index (χ0n) is 36.3. The Kier molecular flexibility index (Phi) is 33.3. The smallest absolute Gasteiger partial charge is 0.462 e. The molecule has 0 spiro atoms. The number of carbonyl (C=O) groups excluding carboxylic acids is 2. The lowest BCUT2D eigenvalue weighted by Gasteiger charge is -2.41. The Balaban J connectivity index is 2.48. The monoisotopic (exact) mass is 861 g/mol. The van der Waals surface area contributed by atoms with Crippen LogP contribution in [0.2, 0.25) is 0 Å². The van der Waals surface area contributed by atoms with Gasteiger partial charge in [0.05, 0.1) is 6.61 Å². The molecule has 0 radical (unpaired) electrons. The van der Waals surface area contributed by atoms with Crippen LogP contribution < -0.4 is 0 Å². The summed E-state index contributed by atoms with van der Waals surface area (Å²) in [5.41, 5.74) is 0. The first-order chi connectivity index (χ1) is 28.4. The summed E-state index contributed by atoms with van der Waals surface area (Å²) < 4.78 is 33.5. The predicted octanol–water partition coefficient (Wildman–Crippen LogP) is 8.61. The largest absolute Gasteiger partial charge is 0.472 e. The number of carbonyl (C=O) groups is 2. The number of phosphoric acid groups is 1. The second-order valence-corrected chi connectivity index (χ2v) is 17.3. The minimum atomic E-state index is -5.12. The van der Waals surface area contributed by atoms with E-state index in [2.05, 4.69) is 50.3 Å². The second-order valence-electron chi connectivity index (χ2n) is 15.9. The van der Waals surface area contributed by atoms with Gasteiger partial charge in [0.1, 0.15) is 43.2 Å². The highest BCUT2D eigenvalue weighted by molar-refractivity contribution is 7.47. The van der Waals surface area contributed by atoms with Gasteiger partial charge >= 0.3 is 19.8 Å². The number of phosphoric ester groups is 1. The SMILES string of the molecule is CCCCC/C=C/C/C=C/C/C=C/CCCCCCC(=O)OC[C@@H](COP(=O)(O)OC1C(O)C(O)C(O)[C@H](O)C1O)OC(=O)CCCCCCCCCCCCCCC. The van der Waals surface area contributed by atoms with Gasteiger partial charge in [0.2, 0.25) is 0 Å². The van der Waals surface area contributed by atoms with Gasteiger partial charge in [-0.1, -0.05) is 153 Å². The van der Waals surface area contributed by atoms with E-state index in [0.29, 0.717) is 12.8 Å². The number of aliphatic hydroxyl groups excluding tert-OH is 5. The molecule has 0 aromatic heterocycles. The molecule has 6 unspecified atom stereocenters. The van der Waals surface area contributed by atoms with Crippen molar-refractivity contribution in [1.29, 1.82) is 0 Å². The number of esters is 2. The summed E-state index contributed by atoms with van der Waals surface area (Å²) in [6, 6.07) is 0. The first-order valence-electron chi connectivity index (χ1n) is 22.8. The lowest BCUT2D eigenvalue weighted by molar-refractivity contribution is -0.220. The molecule has 0 aromatic carbocycles. The highest BCUT2D eigenvalue weighted by atomic mass is 31.2. The maximum Gasteiger partial charge on any atom is 0.472 e. The molecular weight excluding hydrogens is 779 g/mol. The van der Waals surface area contributed by atoms with Gasteiger partial charge in [0.15, 0.2) is 6.10 Å². The van der Waals surface area contributed by atoms with E-state index >= 15 is 0 Å². The summed E-state index contributed by atoms with van der Waals surface area (Å²) in [6.07, 6.45) is 26.3. The van der Waals surface area contributed by atoms with Crippen LogP contribution in [-0.4, -0.2) is 98.3 Å². The predicted molar refractivity (Wildman–Crippen MR) is 230 cm³/mol. The molecule has 1 fully saturated rings. The van der Waals surface area contributed by atoms with Gasteiger partial charge in [0, 0.05) is 12.8 Å². The van der Waals surface area contributed by atoms with Crippen LogP contribution >= 0.6 is 7.82 Å². The normalized spacial score (nSPS) is 22.6. The molecule has 0 aliphatic heterocycles. The Morgan fingerprint density at radius 3 is 1.42 bits per heavy atom. The van der Waals surface area contributed by atoms with E-state index < -0.39 is 75.7 Å². The Labute approximate surface area is 355 Å². The molecule has 0 amide bonds. The number of aliphatic hydroxyl groups is 5. The maximum absolute atomic E-state index is 12.8. The van der Waals surface area contributed by atoms with E-state index in [1.165, 1.54) is 70.6 Å². The van der Waals surface area contributed by atoms with Crippen molar-refractivity contribution in [3.8, 4) is 0 Å². The van der Waals surface area contributed by atoms with Crippen molar-refractivity contribution in [3.05, 3.63) is 36.5 Å². The standard InChI is InChI=1S/C45H81O13P/c1-3-5-7-9-11-13-15-17-18-19-20-22-23-25-27-29-31-33-38(46)55-35-37(36-56-59(53,54)58-45-43(51)41(49)40(48)42(50)44(45)52)57-39(47)34-32-30-28-26-24-21-16-14-12-10-8-6-4-2/h11,13,17-18,20,22,37,40-45,48-52H,3-10,12,14-16,19,21,23-36H2,1-2H3,(H,53,54)/b13-11+,18-17+,22-20+/t37-,40?,41-,42?,43?,44?,45?/m0/s1. The van der Waals surface area contributed by atoms with Crippen molar-refractivity contribution < 1.29 is 63.1 Å². The lowest BCUT2D eigenvalue weighted by Crippen LogP contribution is -2.64. The molecule has 59 heavy (non-hydrogen) atoms. The van der Waals surface area contributed by atoms with Crippen LogP contribution in [0.1, 0.15) is 181 Å². The first-order valence-corrected chi connectivity index (χ1v) is 24.3. The fourth-order valence-electron chi connectivity index (χ4n) is 6.76. The van der Waals surface area contributed by atoms with Gasteiger partial charge in [-0.15, -0.1) is 0 Å². The molecule has 0 aromatic rings. The van der Waals surface area contributed by atoms with E-state index in [9.17, 15) is 44.6 Å². The fraction of sp³-hybridized carbons (Fsp3) is 0.822. The van der Waals surface area contributed by atoms with E-state index in [4.69, 9.17) is 18.5 Å². The molecule has 0 heterocycles. The number of ether oxygens (including phenoxy) is 2. The maximum atomic E-state index is 12.8. The fourth-order valence-corrected chi connectivity index (χ4v) is 7.74. The van der Waals surface area contributed by atoms with E-state index in [-0.39, 0.29) is 12.8 Å². The molecule has 8 atom stereocenters. The third-order valence-electron chi connectivity index (χ3n) is 10.5. The Hall–Kier alpha value is -1.93. The zero-order valence-corrected chi connectivity index (χ0v) is 37.2. The van der Waals surface area contributed by atoms with Gasteiger partial charge in [-0.25, -0.2) is 4.57 Å². The van der Waals surface area contributed by atoms with Crippen LogP contribution in [0.15, 0.2) is 36.5 Å². The number of hydrogen-bond donors (Lipinski definition) is 6. The second kappa shape index (κ2) is 35.6.